The Balaban J connectivity index is 1.39. The molecule has 242 valence electrons. The second-order valence-electron chi connectivity index (χ2n) is 12.2. The van der Waals surface area contributed by atoms with Crippen LogP contribution < -0.4 is 5.43 Å². The highest BCUT2D eigenvalue weighted by Gasteiger charge is 2.41. The Morgan fingerprint density at radius 3 is 1.88 bits per heavy atom. The number of imide groups is 1. The van der Waals surface area contributed by atoms with Crippen LogP contribution in [0.1, 0.15) is 16.7 Å². The molecule has 0 spiro atoms. The second-order valence-corrected chi connectivity index (χ2v) is 12.2. The molecule has 10 heteroatoms. The Morgan fingerprint density at radius 2 is 1.29 bits per heavy atom. The van der Waals surface area contributed by atoms with Crippen molar-refractivity contribution < 1.29 is 23.9 Å². The van der Waals surface area contributed by atoms with E-state index in [1.807, 2.05) is 66.7 Å². The summed E-state index contributed by atoms with van der Waals surface area (Å²) in [7, 11) is 3.30. The lowest BCUT2D eigenvalue weighted by atomic mass is 9.86. The Morgan fingerprint density at radius 1 is 0.729 bits per heavy atom. The third kappa shape index (κ3) is 5.66. The van der Waals surface area contributed by atoms with Gasteiger partial charge >= 0.3 is 18.2 Å². The normalized spacial score (nSPS) is 16.2. The molecule has 10 nitrogen and oxygen atoms in total. The minimum atomic E-state index is -1.24. The van der Waals surface area contributed by atoms with E-state index in [9.17, 15) is 19.2 Å². The van der Waals surface area contributed by atoms with Crippen molar-refractivity contribution in [1.82, 2.24) is 25.1 Å². The van der Waals surface area contributed by atoms with E-state index in [0.29, 0.717) is 0 Å². The van der Waals surface area contributed by atoms with Crippen molar-refractivity contribution in [3.8, 4) is 11.1 Å². The molecule has 1 atom stereocenters. The van der Waals surface area contributed by atoms with Gasteiger partial charge in [-0.05, 0) is 49.4 Å². The first-order valence-corrected chi connectivity index (χ1v) is 15.9. The van der Waals surface area contributed by atoms with E-state index in [2.05, 4.69) is 41.8 Å². The molecule has 1 fully saturated rings. The lowest BCUT2D eigenvalue weighted by Gasteiger charge is -2.36. The predicted octanol–water partition coefficient (Wildman–Crippen LogP) is 6.17. The van der Waals surface area contributed by atoms with Crippen molar-refractivity contribution in [3.05, 3.63) is 120 Å². The third-order valence-corrected chi connectivity index (χ3v) is 9.09. The van der Waals surface area contributed by atoms with Crippen molar-refractivity contribution >= 4 is 45.6 Å². The summed E-state index contributed by atoms with van der Waals surface area (Å²) in [5.74, 6) is -0.638. The molecule has 2 aliphatic rings. The number of nitrogens with zero attached hydrogens (tertiary/aromatic N) is 4. The molecule has 0 radical (unpaired) electrons. The highest BCUT2D eigenvalue weighted by atomic mass is 16.6. The van der Waals surface area contributed by atoms with E-state index in [0.717, 1.165) is 59.3 Å². The first-order valence-electron chi connectivity index (χ1n) is 15.9. The average molecular weight is 642 g/mol. The van der Waals surface area contributed by atoms with E-state index < -0.39 is 30.1 Å². The summed E-state index contributed by atoms with van der Waals surface area (Å²) >= 11 is 0. The van der Waals surface area contributed by atoms with Crippen molar-refractivity contribution in [2.24, 2.45) is 0 Å². The maximum atomic E-state index is 14.5. The number of benzene rings is 5. The van der Waals surface area contributed by atoms with Gasteiger partial charge in [-0.2, -0.15) is 0 Å². The summed E-state index contributed by atoms with van der Waals surface area (Å²) in [6, 6.07) is 31.3. The van der Waals surface area contributed by atoms with Crippen LogP contribution in [0.4, 0.5) is 14.4 Å². The number of nitrogens with one attached hydrogen (secondary N) is 1. The smallest absolute Gasteiger partial charge is 0.416 e. The summed E-state index contributed by atoms with van der Waals surface area (Å²) in [5, 5.41) is 5.26. The van der Waals surface area contributed by atoms with Crippen LogP contribution in [0, 0.1) is 0 Å². The number of ether oxygens (including phenoxy) is 1. The summed E-state index contributed by atoms with van der Waals surface area (Å²) in [6.45, 7) is 0.522. The highest BCUT2D eigenvalue weighted by molar-refractivity contribution is 6.08. The fourth-order valence-corrected chi connectivity index (χ4v) is 6.67. The maximum Gasteiger partial charge on any atom is 0.416 e. The fourth-order valence-electron chi connectivity index (χ4n) is 6.67. The molecule has 6 amide bonds. The SMILES string of the molecule is CN1Cc2ccc3ccccc3c2-c2c(ccc3ccccc23)CN(C)C(=O)N([C@@H](Cc2ccccc2)C(=O)N2CCOC2=O)NC1=O. The van der Waals surface area contributed by atoms with Gasteiger partial charge < -0.3 is 14.5 Å². The van der Waals surface area contributed by atoms with Gasteiger partial charge in [0.2, 0.25) is 0 Å². The van der Waals surface area contributed by atoms with Gasteiger partial charge in [0.05, 0.1) is 6.54 Å². The number of fused-ring (bicyclic) bond motifs is 7. The highest BCUT2D eigenvalue weighted by Crippen LogP contribution is 2.40. The topological polar surface area (TPSA) is 102 Å². The number of hydrazine groups is 1. The number of hydrogen-bond acceptors (Lipinski definition) is 5. The zero-order chi connectivity index (χ0) is 33.4. The molecule has 0 unspecified atom stereocenters. The molecule has 1 N–H and O–H groups in total. The zero-order valence-electron chi connectivity index (χ0n) is 26.8. The number of rotatable bonds is 4. The first-order chi connectivity index (χ1) is 23.3. The molecule has 0 bridgehead atoms. The Labute approximate surface area is 278 Å². The van der Waals surface area contributed by atoms with Crippen LogP contribution in [0.5, 0.6) is 0 Å². The Hall–Kier alpha value is -5.90. The van der Waals surface area contributed by atoms with E-state index in [1.165, 1.54) is 9.80 Å². The summed E-state index contributed by atoms with van der Waals surface area (Å²) in [5.41, 5.74) is 7.34. The standard InChI is InChI=1S/C38H35N5O5/c1-40-23-28-18-16-26-12-6-8-14-30(26)33(28)34-29(19-17-27-13-7-9-15-31(27)34)24-41(2)37(46)43(39-36(40)45)32(22-25-10-4-3-5-11-25)35(44)42-20-21-48-38(42)47/h3-19,32H,20-24H2,1-2H3,(H,39,45)/t32-/m0/s1. The molecule has 48 heavy (non-hydrogen) atoms. The van der Waals surface area contributed by atoms with E-state index in [1.54, 1.807) is 14.1 Å². The van der Waals surface area contributed by atoms with Crippen LogP contribution >= 0.6 is 0 Å². The van der Waals surface area contributed by atoms with Crippen molar-refractivity contribution in [3.63, 3.8) is 0 Å². The van der Waals surface area contributed by atoms with Crippen LogP contribution in [0.2, 0.25) is 0 Å². The van der Waals surface area contributed by atoms with Gasteiger partial charge in [-0.15, -0.1) is 0 Å². The van der Waals surface area contributed by atoms with Gasteiger partial charge in [-0.3, -0.25) is 4.79 Å². The summed E-state index contributed by atoms with van der Waals surface area (Å²) in [4.78, 5) is 59.1. The maximum absolute atomic E-state index is 14.5. The molecule has 2 aliphatic heterocycles. The van der Waals surface area contributed by atoms with Crippen LogP contribution in [-0.2, 0) is 29.0 Å². The average Bonchev–Trinajstić information content (AvgIpc) is 3.54. The largest absolute Gasteiger partial charge is 0.447 e. The van der Waals surface area contributed by atoms with Gasteiger partial charge in [0.15, 0.2) is 0 Å². The molecule has 7 rings (SSSR count). The van der Waals surface area contributed by atoms with Crippen LogP contribution in [0.15, 0.2) is 103 Å². The van der Waals surface area contributed by atoms with Gasteiger partial charge in [0, 0.05) is 33.6 Å². The lowest BCUT2D eigenvalue weighted by molar-refractivity contribution is -0.133. The van der Waals surface area contributed by atoms with Crippen molar-refractivity contribution in [2.75, 3.05) is 27.2 Å². The summed E-state index contributed by atoms with van der Waals surface area (Å²) < 4.78 is 5.07. The molecule has 0 aromatic heterocycles. The zero-order valence-corrected chi connectivity index (χ0v) is 26.8. The van der Waals surface area contributed by atoms with Gasteiger partial charge in [-0.25, -0.2) is 29.7 Å². The Kier molecular flexibility index (Phi) is 8.14. The quantitative estimate of drug-likeness (QED) is 0.253. The number of urea groups is 2. The van der Waals surface area contributed by atoms with E-state index >= 15 is 0 Å². The van der Waals surface area contributed by atoms with Crippen LogP contribution in [0.25, 0.3) is 32.7 Å². The molecule has 5 aromatic carbocycles. The van der Waals surface area contributed by atoms with Gasteiger partial charge in [0.25, 0.3) is 5.91 Å². The van der Waals surface area contributed by atoms with E-state index in [-0.39, 0.29) is 32.7 Å². The number of carbonyl (C=O) groups excluding carboxylic acids is 4. The van der Waals surface area contributed by atoms with Gasteiger partial charge in [0.1, 0.15) is 12.6 Å². The molecular weight excluding hydrogens is 606 g/mol. The molecule has 0 aliphatic carbocycles. The third-order valence-electron chi connectivity index (χ3n) is 9.09. The van der Waals surface area contributed by atoms with E-state index in [4.69, 9.17) is 4.74 Å². The molecule has 1 saturated heterocycles. The first kappa shape index (κ1) is 30.7. The molecule has 0 saturated carbocycles. The van der Waals surface area contributed by atoms with Crippen molar-refractivity contribution in [1.29, 1.82) is 0 Å². The van der Waals surface area contributed by atoms with Gasteiger partial charge in [-0.1, -0.05) is 103 Å². The number of carbonyl (C=O) groups is 4. The second kappa shape index (κ2) is 12.7. The predicted molar refractivity (Wildman–Crippen MR) is 183 cm³/mol. The molecular formula is C38H35N5O5. The minimum Gasteiger partial charge on any atom is -0.447 e. The number of amides is 6. The van der Waals surface area contributed by atoms with Crippen molar-refractivity contribution in [2.45, 2.75) is 25.6 Å². The van der Waals surface area contributed by atoms with Crippen LogP contribution in [-0.4, -0.2) is 77.1 Å². The number of hydrogen-bond donors (Lipinski definition) is 1. The Bertz CT molecular complexity index is 2070. The minimum absolute atomic E-state index is 0.0554. The number of cyclic esters (lactones) is 1. The molecule has 5 aromatic rings. The fraction of sp³-hybridized carbons (Fsp3) is 0.211. The molecule has 2 heterocycles. The lowest BCUT2D eigenvalue weighted by Crippen LogP contribution is -2.62. The monoisotopic (exact) mass is 641 g/mol. The summed E-state index contributed by atoms with van der Waals surface area (Å²) in [6.07, 6.45) is -0.718. The van der Waals surface area contributed by atoms with Crippen LogP contribution in [0.3, 0.4) is 0 Å².